The highest BCUT2D eigenvalue weighted by atomic mass is 16.1. The highest BCUT2D eigenvalue weighted by Gasteiger charge is 2.20. The molecule has 1 unspecified atom stereocenters. The van der Waals surface area contributed by atoms with Gasteiger partial charge in [-0.05, 0) is 50.8 Å². The van der Waals surface area contributed by atoms with E-state index in [2.05, 4.69) is 37.4 Å². The number of rotatable bonds is 4. The first-order chi connectivity index (χ1) is 8.66. The molecule has 1 aromatic rings. The first-order valence-electron chi connectivity index (χ1n) is 6.96. The van der Waals surface area contributed by atoms with E-state index in [0.717, 1.165) is 32.4 Å². The molecule has 1 aliphatic heterocycles. The number of carbonyl (C=O) groups excluding carboxylic acids is 1. The van der Waals surface area contributed by atoms with Crippen molar-refractivity contribution in [2.24, 2.45) is 5.92 Å². The summed E-state index contributed by atoms with van der Waals surface area (Å²) in [5, 5.41) is 3.31. The van der Waals surface area contributed by atoms with E-state index in [0.29, 0.717) is 12.2 Å². The van der Waals surface area contributed by atoms with Crippen LogP contribution in [0.15, 0.2) is 18.2 Å². The van der Waals surface area contributed by atoms with Crippen LogP contribution in [0, 0.1) is 19.8 Å². The maximum atomic E-state index is 12.1. The lowest BCUT2D eigenvalue weighted by atomic mass is 9.91. The largest absolute Gasteiger partial charge is 0.316 e. The first kappa shape index (κ1) is 13.3. The van der Waals surface area contributed by atoms with E-state index in [-0.39, 0.29) is 5.92 Å². The number of hydrogen-bond acceptors (Lipinski definition) is 2. The van der Waals surface area contributed by atoms with Crippen LogP contribution in [-0.2, 0) is 11.2 Å². The lowest BCUT2D eigenvalue weighted by Gasteiger charge is -2.21. The fourth-order valence-corrected chi connectivity index (χ4v) is 2.71. The van der Waals surface area contributed by atoms with Gasteiger partial charge >= 0.3 is 0 Å². The third-order valence-corrected chi connectivity index (χ3v) is 3.89. The van der Waals surface area contributed by atoms with Crippen LogP contribution in [0.4, 0.5) is 0 Å². The minimum absolute atomic E-state index is 0.254. The third kappa shape index (κ3) is 3.42. The van der Waals surface area contributed by atoms with Gasteiger partial charge in [-0.15, -0.1) is 0 Å². The quantitative estimate of drug-likeness (QED) is 0.883. The number of ketones is 1. The molecule has 1 fully saturated rings. The number of benzene rings is 1. The second kappa shape index (κ2) is 6.14. The molecule has 0 radical (unpaired) electrons. The summed E-state index contributed by atoms with van der Waals surface area (Å²) < 4.78 is 0. The minimum atomic E-state index is 0.254. The van der Waals surface area contributed by atoms with Crippen molar-refractivity contribution >= 4 is 5.78 Å². The van der Waals surface area contributed by atoms with Crippen molar-refractivity contribution in [3.8, 4) is 0 Å². The van der Waals surface area contributed by atoms with Crippen LogP contribution >= 0.6 is 0 Å². The molecule has 0 spiro atoms. The Morgan fingerprint density at radius 2 is 2.22 bits per heavy atom. The van der Waals surface area contributed by atoms with Crippen molar-refractivity contribution in [1.29, 1.82) is 0 Å². The minimum Gasteiger partial charge on any atom is -0.316 e. The second-order valence-corrected chi connectivity index (χ2v) is 5.44. The Bertz CT molecular complexity index is 419. The number of hydrogen-bond donors (Lipinski definition) is 1. The van der Waals surface area contributed by atoms with Crippen molar-refractivity contribution < 1.29 is 4.79 Å². The Labute approximate surface area is 110 Å². The summed E-state index contributed by atoms with van der Waals surface area (Å²) in [7, 11) is 0. The molecule has 2 nitrogen and oxygen atoms in total. The van der Waals surface area contributed by atoms with E-state index in [4.69, 9.17) is 0 Å². The van der Waals surface area contributed by atoms with Crippen LogP contribution in [0.1, 0.15) is 36.0 Å². The molecular formula is C16H23NO. The molecule has 0 bridgehead atoms. The molecule has 98 valence electrons. The Balaban J connectivity index is 1.88. The monoisotopic (exact) mass is 245 g/mol. The number of nitrogens with one attached hydrogen (secondary N) is 1. The highest BCUT2D eigenvalue weighted by molar-refractivity contribution is 5.81. The molecule has 1 aromatic carbocycles. The summed E-state index contributed by atoms with van der Waals surface area (Å²) in [6, 6.07) is 6.49. The van der Waals surface area contributed by atoms with Gasteiger partial charge in [-0.3, -0.25) is 4.79 Å². The molecule has 2 heteroatoms. The Morgan fingerprint density at radius 3 is 2.89 bits per heavy atom. The molecule has 1 aliphatic rings. The van der Waals surface area contributed by atoms with Gasteiger partial charge in [0.2, 0.25) is 0 Å². The predicted molar refractivity (Wildman–Crippen MR) is 74.8 cm³/mol. The normalized spacial score (nSPS) is 19.8. The van der Waals surface area contributed by atoms with Crippen LogP contribution in [0.25, 0.3) is 0 Å². The summed E-state index contributed by atoms with van der Waals surface area (Å²) in [6.45, 7) is 6.19. The molecule has 0 aromatic heterocycles. The van der Waals surface area contributed by atoms with Gasteiger partial charge in [-0.2, -0.15) is 0 Å². The van der Waals surface area contributed by atoms with E-state index in [1.165, 1.54) is 16.7 Å². The van der Waals surface area contributed by atoms with Gasteiger partial charge < -0.3 is 5.32 Å². The zero-order valence-corrected chi connectivity index (χ0v) is 11.5. The molecule has 1 heterocycles. The van der Waals surface area contributed by atoms with Gasteiger partial charge in [0.1, 0.15) is 5.78 Å². The van der Waals surface area contributed by atoms with Crippen LogP contribution in [0.3, 0.4) is 0 Å². The Morgan fingerprint density at radius 1 is 1.39 bits per heavy atom. The molecule has 0 saturated carbocycles. The lowest BCUT2D eigenvalue weighted by molar-refractivity contribution is -0.123. The van der Waals surface area contributed by atoms with Crippen molar-refractivity contribution in [2.75, 3.05) is 13.1 Å². The van der Waals surface area contributed by atoms with Gasteiger partial charge in [-0.1, -0.05) is 23.8 Å². The Kier molecular flexibility index (Phi) is 4.54. The van der Waals surface area contributed by atoms with Gasteiger partial charge in [0, 0.05) is 18.9 Å². The zero-order valence-electron chi connectivity index (χ0n) is 11.5. The van der Waals surface area contributed by atoms with E-state index < -0.39 is 0 Å². The average molecular weight is 245 g/mol. The van der Waals surface area contributed by atoms with Crippen LogP contribution in [0.2, 0.25) is 0 Å². The van der Waals surface area contributed by atoms with E-state index in [1.807, 2.05) is 0 Å². The van der Waals surface area contributed by atoms with E-state index in [1.54, 1.807) is 0 Å². The summed E-state index contributed by atoms with van der Waals surface area (Å²) >= 11 is 0. The maximum absolute atomic E-state index is 12.1. The molecule has 0 amide bonds. The summed E-state index contributed by atoms with van der Waals surface area (Å²) in [5.74, 6) is 0.687. The second-order valence-electron chi connectivity index (χ2n) is 5.44. The Hall–Kier alpha value is -1.15. The van der Waals surface area contributed by atoms with Crippen LogP contribution in [-0.4, -0.2) is 18.9 Å². The number of carbonyl (C=O) groups is 1. The fourth-order valence-electron chi connectivity index (χ4n) is 2.71. The van der Waals surface area contributed by atoms with Crippen molar-refractivity contribution in [3.63, 3.8) is 0 Å². The third-order valence-electron chi connectivity index (χ3n) is 3.89. The molecule has 1 atom stereocenters. The lowest BCUT2D eigenvalue weighted by Crippen LogP contribution is -2.34. The predicted octanol–water partition coefficient (Wildman–Crippen LogP) is 2.80. The van der Waals surface area contributed by atoms with Gasteiger partial charge in [-0.25, -0.2) is 0 Å². The summed E-state index contributed by atoms with van der Waals surface area (Å²) in [4.78, 5) is 12.1. The standard InChI is InChI=1S/C16H23NO/c1-12-5-6-14(13(2)10-12)7-8-16(18)15-4-3-9-17-11-15/h5-6,10,15,17H,3-4,7-9,11H2,1-2H3. The summed E-state index contributed by atoms with van der Waals surface area (Å²) in [5.41, 5.74) is 3.92. The van der Waals surface area contributed by atoms with Crippen molar-refractivity contribution in [2.45, 2.75) is 39.5 Å². The van der Waals surface area contributed by atoms with Crippen molar-refractivity contribution in [1.82, 2.24) is 5.32 Å². The molecule has 1 saturated heterocycles. The van der Waals surface area contributed by atoms with E-state index >= 15 is 0 Å². The average Bonchev–Trinajstić information content (AvgIpc) is 2.38. The van der Waals surface area contributed by atoms with Gasteiger partial charge in [0.15, 0.2) is 0 Å². The smallest absolute Gasteiger partial charge is 0.137 e. The van der Waals surface area contributed by atoms with Gasteiger partial charge in [0.25, 0.3) is 0 Å². The molecular weight excluding hydrogens is 222 g/mol. The maximum Gasteiger partial charge on any atom is 0.137 e. The molecule has 0 aliphatic carbocycles. The number of piperidine rings is 1. The fraction of sp³-hybridized carbons (Fsp3) is 0.562. The SMILES string of the molecule is Cc1ccc(CCC(=O)C2CCCNC2)c(C)c1. The van der Waals surface area contributed by atoms with Crippen LogP contribution in [0.5, 0.6) is 0 Å². The molecule has 1 N–H and O–H groups in total. The van der Waals surface area contributed by atoms with Crippen LogP contribution < -0.4 is 5.32 Å². The van der Waals surface area contributed by atoms with Gasteiger partial charge in [0.05, 0.1) is 0 Å². The molecule has 2 rings (SSSR count). The van der Waals surface area contributed by atoms with Crippen molar-refractivity contribution in [3.05, 3.63) is 34.9 Å². The topological polar surface area (TPSA) is 29.1 Å². The van der Waals surface area contributed by atoms with E-state index in [9.17, 15) is 4.79 Å². The first-order valence-corrected chi connectivity index (χ1v) is 6.96. The summed E-state index contributed by atoms with van der Waals surface area (Å²) in [6.07, 6.45) is 3.79. The zero-order chi connectivity index (χ0) is 13.0. The highest BCUT2D eigenvalue weighted by Crippen LogP contribution is 2.17. The molecule has 18 heavy (non-hydrogen) atoms. The number of Topliss-reactive ketones (excluding diaryl/α,β-unsaturated/α-hetero) is 1. The number of aryl methyl sites for hydroxylation is 3.